The molecule has 5 rings (SSSR count). The minimum atomic E-state index is -0.406. The summed E-state index contributed by atoms with van der Waals surface area (Å²) in [7, 11) is 0. The maximum absolute atomic E-state index is 14.2. The third-order valence-electron chi connectivity index (χ3n) is 7.07. The van der Waals surface area contributed by atoms with Crippen LogP contribution in [0.2, 0.25) is 0 Å². The highest BCUT2D eigenvalue weighted by Crippen LogP contribution is 2.33. The van der Waals surface area contributed by atoms with Gasteiger partial charge in [-0.25, -0.2) is 4.39 Å². The highest BCUT2D eigenvalue weighted by Gasteiger charge is 2.42. The molecule has 2 aromatic rings. The van der Waals surface area contributed by atoms with E-state index in [4.69, 9.17) is 4.74 Å². The molecule has 2 aromatic carbocycles. The number of nitrogens with zero attached hydrogens (tertiary/aromatic N) is 3. The second kappa shape index (κ2) is 9.87. The Balaban J connectivity index is 1.29. The van der Waals surface area contributed by atoms with E-state index < -0.39 is 5.82 Å². The molecule has 0 aromatic heterocycles. The number of carbonyl (C=O) groups is 2. The molecule has 2 aliphatic heterocycles. The summed E-state index contributed by atoms with van der Waals surface area (Å²) in [5.74, 6) is -0.661. The fourth-order valence-electron chi connectivity index (χ4n) is 5.19. The number of benzene rings is 2. The molecule has 0 bridgehead atoms. The van der Waals surface area contributed by atoms with Crippen molar-refractivity contribution in [3.05, 3.63) is 71.7 Å². The van der Waals surface area contributed by atoms with Gasteiger partial charge >= 0.3 is 0 Å². The van der Waals surface area contributed by atoms with Crippen molar-refractivity contribution in [2.24, 2.45) is 0 Å². The van der Waals surface area contributed by atoms with Crippen LogP contribution in [-0.2, 0) is 14.3 Å². The van der Waals surface area contributed by atoms with Crippen molar-refractivity contribution in [1.29, 1.82) is 0 Å². The van der Waals surface area contributed by atoms with Gasteiger partial charge in [-0.15, -0.1) is 0 Å². The number of piperazine rings is 1. The van der Waals surface area contributed by atoms with Crippen LogP contribution in [0.4, 0.5) is 10.1 Å². The number of hydrogen-bond donors (Lipinski definition) is 0. The second-order valence-corrected chi connectivity index (χ2v) is 9.17. The SMILES string of the molecule is O=C(CN1C(=O)/C(=C\c2ccccc2F)OC2CCCCC21)N1CCN(c2ccccc2)CC1. The monoisotopic (exact) mass is 463 g/mol. The lowest BCUT2D eigenvalue weighted by Crippen LogP contribution is -2.58. The molecule has 1 saturated carbocycles. The number of morpholine rings is 1. The van der Waals surface area contributed by atoms with Crippen LogP contribution in [0.1, 0.15) is 31.2 Å². The molecule has 2 saturated heterocycles. The number of anilines is 1. The molecule has 2 amide bonds. The van der Waals surface area contributed by atoms with Gasteiger partial charge in [0.05, 0.1) is 6.04 Å². The van der Waals surface area contributed by atoms with E-state index in [9.17, 15) is 14.0 Å². The van der Waals surface area contributed by atoms with Gasteiger partial charge in [-0.2, -0.15) is 0 Å². The molecule has 3 aliphatic rings. The Morgan fingerprint density at radius 2 is 1.68 bits per heavy atom. The smallest absolute Gasteiger partial charge is 0.289 e. The number of fused-ring (bicyclic) bond motifs is 1. The molecule has 2 atom stereocenters. The third-order valence-corrected chi connectivity index (χ3v) is 7.07. The summed E-state index contributed by atoms with van der Waals surface area (Å²) in [6.45, 7) is 2.80. The first-order valence-corrected chi connectivity index (χ1v) is 12.1. The van der Waals surface area contributed by atoms with E-state index in [0.717, 1.165) is 44.5 Å². The number of carbonyl (C=O) groups excluding carboxylic acids is 2. The summed E-state index contributed by atoms with van der Waals surface area (Å²) in [6.07, 6.45) is 4.98. The first-order chi connectivity index (χ1) is 16.6. The van der Waals surface area contributed by atoms with E-state index in [1.165, 1.54) is 12.1 Å². The Hall–Kier alpha value is -3.35. The summed E-state index contributed by atoms with van der Waals surface area (Å²) in [4.78, 5) is 32.4. The van der Waals surface area contributed by atoms with Gasteiger partial charge in [0.2, 0.25) is 5.91 Å². The van der Waals surface area contributed by atoms with Crippen molar-refractivity contribution in [1.82, 2.24) is 9.80 Å². The third kappa shape index (κ3) is 4.65. The standard InChI is InChI=1S/C27H30FN3O3/c28-22-11-5-4-8-20(22)18-25-27(33)31(23-12-6-7-13-24(23)34-25)19-26(32)30-16-14-29(15-17-30)21-9-2-1-3-10-21/h1-5,8-11,18,23-24H,6-7,12-17,19H2/b25-18+. The molecular weight excluding hydrogens is 433 g/mol. The van der Waals surface area contributed by atoms with Gasteiger partial charge in [0, 0.05) is 37.4 Å². The Morgan fingerprint density at radius 3 is 2.44 bits per heavy atom. The molecule has 34 heavy (non-hydrogen) atoms. The predicted molar refractivity (Wildman–Crippen MR) is 128 cm³/mol. The number of amides is 2. The minimum absolute atomic E-state index is 0.0311. The number of para-hydroxylation sites is 1. The minimum Gasteiger partial charge on any atom is -0.482 e. The Labute approximate surface area is 199 Å². The van der Waals surface area contributed by atoms with Gasteiger partial charge < -0.3 is 19.4 Å². The van der Waals surface area contributed by atoms with Crippen LogP contribution in [0.5, 0.6) is 0 Å². The van der Waals surface area contributed by atoms with Crippen LogP contribution in [0.3, 0.4) is 0 Å². The van der Waals surface area contributed by atoms with E-state index in [0.29, 0.717) is 18.7 Å². The highest BCUT2D eigenvalue weighted by atomic mass is 19.1. The van der Waals surface area contributed by atoms with Crippen molar-refractivity contribution >= 4 is 23.6 Å². The summed E-state index contributed by atoms with van der Waals surface area (Å²) >= 11 is 0. The second-order valence-electron chi connectivity index (χ2n) is 9.17. The summed E-state index contributed by atoms with van der Waals surface area (Å²) in [5, 5.41) is 0. The van der Waals surface area contributed by atoms with Crippen molar-refractivity contribution in [2.45, 2.75) is 37.8 Å². The van der Waals surface area contributed by atoms with Crippen LogP contribution < -0.4 is 4.90 Å². The maximum atomic E-state index is 14.2. The van der Waals surface area contributed by atoms with Crippen LogP contribution >= 0.6 is 0 Å². The fourth-order valence-corrected chi connectivity index (χ4v) is 5.19. The van der Waals surface area contributed by atoms with Gasteiger partial charge in [-0.1, -0.05) is 42.8 Å². The van der Waals surface area contributed by atoms with Crippen molar-refractivity contribution < 1.29 is 18.7 Å². The number of rotatable bonds is 4. The first kappa shape index (κ1) is 22.4. The average molecular weight is 464 g/mol. The van der Waals surface area contributed by atoms with Gasteiger partial charge in [0.25, 0.3) is 5.91 Å². The number of hydrogen-bond acceptors (Lipinski definition) is 4. The molecular formula is C27H30FN3O3. The molecule has 7 heteroatoms. The van der Waals surface area contributed by atoms with Crippen LogP contribution in [0, 0.1) is 5.82 Å². The zero-order valence-electron chi connectivity index (χ0n) is 19.2. The fraction of sp³-hybridized carbons (Fsp3) is 0.407. The van der Waals surface area contributed by atoms with Gasteiger partial charge in [0.15, 0.2) is 5.76 Å². The molecule has 0 radical (unpaired) electrons. The first-order valence-electron chi connectivity index (χ1n) is 12.1. The number of ether oxygens (including phenoxy) is 1. The van der Waals surface area contributed by atoms with Crippen LogP contribution in [-0.4, -0.2) is 66.5 Å². The van der Waals surface area contributed by atoms with Crippen molar-refractivity contribution in [3.8, 4) is 0 Å². The largest absolute Gasteiger partial charge is 0.482 e. The van der Waals surface area contributed by atoms with E-state index >= 15 is 0 Å². The molecule has 6 nitrogen and oxygen atoms in total. The van der Waals surface area contributed by atoms with Crippen LogP contribution in [0.25, 0.3) is 6.08 Å². The van der Waals surface area contributed by atoms with Gasteiger partial charge in [-0.3, -0.25) is 9.59 Å². The molecule has 3 fully saturated rings. The topological polar surface area (TPSA) is 53.1 Å². The zero-order valence-corrected chi connectivity index (χ0v) is 19.2. The lowest BCUT2D eigenvalue weighted by molar-refractivity contribution is -0.154. The molecule has 178 valence electrons. The van der Waals surface area contributed by atoms with Crippen LogP contribution in [0.15, 0.2) is 60.4 Å². The Kier molecular flexibility index (Phi) is 6.52. The highest BCUT2D eigenvalue weighted by molar-refractivity contribution is 5.98. The summed E-state index contributed by atoms with van der Waals surface area (Å²) < 4.78 is 20.3. The van der Waals surface area contributed by atoms with E-state index in [1.807, 2.05) is 23.1 Å². The predicted octanol–water partition coefficient (Wildman–Crippen LogP) is 3.69. The Bertz CT molecular complexity index is 1070. The zero-order chi connectivity index (χ0) is 23.5. The normalized spacial score (nSPS) is 24.1. The van der Waals surface area contributed by atoms with E-state index in [2.05, 4.69) is 17.0 Å². The lowest BCUT2D eigenvalue weighted by Gasteiger charge is -2.45. The molecule has 0 N–H and O–H groups in total. The van der Waals surface area contributed by atoms with Gasteiger partial charge in [0.1, 0.15) is 18.5 Å². The maximum Gasteiger partial charge on any atom is 0.289 e. The van der Waals surface area contributed by atoms with Crippen molar-refractivity contribution in [3.63, 3.8) is 0 Å². The summed E-state index contributed by atoms with van der Waals surface area (Å²) in [6, 6.07) is 16.4. The Morgan fingerprint density at radius 1 is 0.971 bits per heavy atom. The van der Waals surface area contributed by atoms with E-state index in [1.54, 1.807) is 23.1 Å². The van der Waals surface area contributed by atoms with Gasteiger partial charge in [-0.05, 0) is 43.5 Å². The van der Waals surface area contributed by atoms with Crippen molar-refractivity contribution in [2.75, 3.05) is 37.6 Å². The lowest BCUT2D eigenvalue weighted by atomic mass is 9.89. The molecule has 1 aliphatic carbocycles. The van der Waals surface area contributed by atoms with E-state index in [-0.39, 0.29) is 36.3 Å². The molecule has 0 spiro atoms. The quantitative estimate of drug-likeness (QED) is 0.649. The average Bonchev–Trinajstić information content (AvgIpc) is 2.88. The molecule has 2 heterocycles. The number of halogens is 1. The summed E-state index contributed by atoms with van der Waals surface area (Å²) in [5.41, 5.74) is 1.47. The molecule has 2 unspecified atom stereocenters.